The van der Waals surface area contributed by atoms with Gasteiger partial charge in [0, 0.05) is 36.7 Å². The van der Waals surface area contributed by atoms with Crippen molar-refractivity contribution < 1.29 is 13.6 Å². The molecule has 1 aliphatic rings. The van der Waals surface area contributed by atoms with Crippen LogP contribution in [0.2, 0.25) is 0 Å². The van der Waals surface area contributed by atoms with Crippen LogP contribution in [0.25, 0.3) is 16.9 Å². The van der Waals surface area contributed by atoms with Gasteiger partial charge in [-0.05, 0) is 31.0 Å². The van der Waals surface area contributed by atoms with Crippen LogP contribution < -0.4 is 16.4 Å². The number of aromatic nitrogens is 2. The minimum atomic E-state index is -0.960. The maximum Gasteiger partial charge on any atom is 0.316 e. The number of aryl methyl sites for hydroxylation is 2. The monoisotopic (exact) mass is 397 g/mol. The number of carbonyl (C=O) groups is 1. The van der Waals surface area contributed by atoms with Crippen LogP contribution in [0.3, 0.4) is 0 Å². The second-order valence-electron chi connectivity index (χ2n) is 7.15. The van der Waals surface area contributed by atoms with E-state index in [0.717, 1.165) is 46.7 Å². The van der Waals surface area contributed by atoms with E-state index >= 15 is 4.39 Å². The lowest BCUT2D eigenvalue weighted by atomic mass is 10.00. The number of primary amides is 1. The highest BCUT2D eigenvalue weighted by molar-refractivity contribution is 5.88. The van der Waals surface area contributed by atoms with E-state index in [1.807, 2.05) is 32.0 Å². The van der Waals surface area contributed by atoms with E-state index < -0.39 is 17.7 Å². The summed E-state index contributed by atoms with van der Waals surface area (Å²) in [5.74, 6) is -1.44. The molecular formula is C21H21F2N5O. The molecule has 3 aromatic rings. The Kier molecular flexibility index (Phi) is 4.79. The first-order valence-electron chi connectivity index (χ1n) is 9.30. The molecule has 0 atom stereocenters. The molecule has 0 spiro atoms. The number of rotatable bonds is 3. The van der Waals surface area contributed by atoms with E-state index in [-0.39, 0.29) is 11.3 Å². The van der Waals surface area contributed by atoms with Gasteiger partial charge in [0.1, 0.15) is 11.6 Å². The Balaban J connectivity index is 1.98. The Morgan fingerprint density at radius 1 is 1.21 bits per heavy atom. The van der Waals surface area contributed by atoms with Crippen molar-refractivity contribution in [3.63, 3.8) is 0 Å². The smallest absolute Gasteiger partial charge is 0.316 e. The molecule has 2 aromatic carbocycles. The van der Waals surface area contributed by atoms with Gasteiger partial charge in [-0.25, -0.2) is 18.3 Å². The number of carbonyl (C=O) groups excluding carboxylic acids is 1. The number of benzene rings is 2. The number of hydrogen-bond acceptors (Lipinski definition) is 3. The number of nitrogens with two attached hydrogens (primary N) is 1. The highest BCUT2D eigenvalue weighted by atomic mass is 19.1. The van der Waals surface area contributed by atoms with Crippen LogP contribution in [0, 0.1) is 25.5 Å². The van der Waals surface area contributed by atoms with E-state index in [1.165, 1.54) is 0 Å². The summed E-state index contributed by atoms with van der Waals surface area (Å²) in [7, 11) is 0. The van der Waals surface area contributed by atoms with Crippen LogP contribution in [0.5, 0.6) is 0 Å². The molecular weight excluding hydrogens is 376 g/mol. The van der Waals surface area contributed by atoms with E-state index in [0.29, 0.717) is 18.7 Å². The number of nitrogens with one attached hydrogen (secondary N) is 2. The summed E-state index contributed by atoms with van der Waals surface area (Å²) in [5.41, 5.74) is 9.83. The number of amides is 2. The summed E-state index contributed by atoms with van der Waals surface area (Å²) < 4.78 is 31.4. The minimum Gasteiger partial charge on any atom is -0.351 e. The normalized spacial score (nSPS) is 13.2. The van der Waals surface area contributed by atoms with Crippen LogP contribution in [0.15, 0.2) is 30.3 Å². The van der Waals surface area contributed by atoms with Gasteiger partial charge in [0.25, 0.3) is 0 Å². The molecule has 1 aliphatic heterocycles. The zero-order chi connectivity index (χ0) is 20.7. The van der Waals surface area contributed by atoms with Gasteiger partial charge in [0.05, 0.1) is 22.8 Å². The van der Waals surface area contributed by atoms with Crippen LogP contribution in [0.1, 0.15) is 22.4 Å². The molecule has 0 radical (unpaired) electrons. The van der Waals surface area contributed by atoms with Crippen LogP contribution >= 0.6 is 0 Å². The van der Waals surface area contributed by atoms with E-state index in [1.54, 1.807) is 4.68 Å². The van der Waals surface area contributed by atoms with Crippen molar-refractivity contribution in [3.05, 3.63) is 64.4 Å². The Bertz CT molecular complexity index is 1100. The number of nitrogens with zero attached hydrogens (tertiary/aromatic N) is 2. The molecule has 4 N–H and O–H groups in total. The predicted molar refractivity (Wildman–Crippen MR) is 107 cm³/mol. The number of halogens is 2. The first-order chi connectivity index (χ1) is 13.9. The molecule has 4 rings (SSSR count). The van der Waals surface area contributed by atoms with Crippen molar-refractivity contribution in [1.29, 1.82) is 0 Å². The van der Waals surface area contributed by atoms with Crippen molar-refractivity contribution in [2.75, 3.05) is 11.9 Å². The molecule has 0 saturated heterocycles. The fourth-order valence-electron chi connectivity index (χ4n) is 3.84. The summed E-state index contributed by atoms with van der Waals surface area (Å²) in [6.07, 6.45) is 0.700. The molecule has 1 aromatic heterocycles. The van der Waals surface area contributed by atoms with Crippen molar-refractivity contribution in [2.45, 2.75) is 26.8 Å². The van der Waals surface area contributed by atoms with Crippen LogP contribution in [0.4, 0.5) is 19.3 Å². The van der Waals surface area contributed by atoms with Gasteiger partial charge in [0.2, 0.25) is 0 Å². The number of anilines is 1. The number of fused-ring (bicyclic) bond motifs is 1. The summed E-state index contributed by atoms with van der Waals surface area (Å²) in [4.78, 5) is 11.1. The van der Waals surface area contributed by atoms with E-state index in [4.69, 9.17) is 10.8 Å². The topological polar surface area (TPSA) is 85.0 Å². The SMILES string of the molecule is Cc1cccc(C)c1-n1nc2c(c1-c1cc(F)c(NC(N)=O)cc1F)CNCC2. The Morgan fingerprint density at radius 2 is 1.93 bits per heavy atom. The standard InChI is InChI=1S/C21H21F2N5O/c1-11-4-3-5-12(2)19(11)28-20(14-10-25-7-6-17(14)27-28)13-8-16(23)18(9-15(13)22)26-21(24)29/h3-5,8-9,25H,6-7,10H2,1-2H3,(H3,24,26,29). The van der Waals surface area contributed by atoms with E-state index in [2.05, 4.69) is 10.6 Å². The van der Waals surface area contributed by atoms with Crippen molar-refractivity contribution >= 4 is 11.7 Å². The largest absolute Gasteiger partial charge is 0.351 e. The lowest BCUT2D eigenvalue weighted by Gasteiger charge is -2.17. The zero-order valence-corrected chi connectivity index (χ0v) is 16.1. The first-order valence-corrected chi connectivity index (χ1v) is 9.30. The minimum absolute atomic E-state index is 0.0811. The molecule has 29 heavy (non-hydrogen) atoms. The van der Waals surface area contributed by atoms with Gasteiger partial charge in [-0.3, -0.25) is 0 Å². The third-order valence-electron chi connectivity index (χ3n) is 5.13. The first kappa shape index (κ1) is 19.1. The average Bonchev–Trinajstić information content (AvgIpc) is 3.03. The lowest BCUT2D eigenvalue weighted by molar-refractivity contribution is 0.259. The fraction of sp³-hybridized carbons (Fsp3) is 0.238. The Labute approximate surface area is 166 Å². The lowest BCUT2D eigenvalue weighted by Crippen LogP contribution is -2.23. The molecule has 0 fully saturated rings. The van der Waals surface area contributed by atoms with Gasteiger partial charge in [-0.2, -0.15) is 5.10 Å². The van der Waals surface area contributed by atoms with Crippen LogP contribution in [-0.4, -0.2) is 22.4 Å². The maximum absolute atomic E-state index is 15.1. The van der Waals surface area contributed by atoms with Crippen LogP contribution in [-0.2, 0) is 13.0 Å². The van der Waals surface area contributed by atoms with Gasteiger partial charge < -0.3 is 16.4 Å². The summed E-state index contributed by atoms with van der Waals surface area (Å²) in [6.45, 7) is 5.20. The third-order valence-corrected chi connectivity index (χ3v) is 5.13. The number of urea groups is 1. The molecule has 150 valence electrons. The predicted octanol–water partition coefficient (Wildman–Crippen LogP) is 3.57. The molecule has 8 heteroatoms. The molecule has 2 heterocycles. The second kappa shape index (κ2) is 7.29. The second-order valence-corrected chi connectivity index (χ2v) is 7.15. The number of hydrogen-bond donors (Lipinski definition) is 3. The highest BCUT2D eigenvalue weighted by Crippen LogP contribution is 2.36. The molecule has 6 nitrogen and oxygen atoms in total. The number of para-hydroxylation sites is 1. The fourth-order valence-corrected chi connectivity index (χ4v) is 3.84. The van der Waals surface area contributed by atoms with Gasteiger partial charge in [-0.15, -0.1) is 0 Å². The molecule has 0 saturated carbocycles. The summed E-state index contributed by atoms with van der Waals surface area (Å²) >= 11 is 0. The summed E-state index contributed by atoms with van der Waals surface area (Å²) in [5, 5.41) is 10.1. The third kappa shape index (κ3) is 3.36. The molecule has 0 unspecified atom stereocenters. The average molecular weight is 397 g/mol. The Hall–Kier alpha value is -3.26. The highest BCUT2D eigenvalue weighted by Gasteiger charge is 2.26. The summed E-state index contributed by atoms with van der Waals surface area (Å²) in [6, 6.07) is 6.93. The zero-order valence-electron chi connectivity index (χ0n) is 16.1. The molecule has 0 bridgehead atoms. The van der Waals surface area contributed by atoms with Gasteiger partial charge >= 0.3 is 6.03 Å². The van der Waals surface area contributed by atoms with Crippen molar-refractivity contribution in [1.82, 2.24) is 15.1 Å². The Morgan fingerprint density at radius 3 is 2.62 bits per heavy atom. The van der Waals surface area contributed by atoms with E-state index in [9.17, 15) is 9.18 Å². The molecule has 0 aliphatic carbocycles. The van der Waals surface area contributed by atoms with Crippen molar-refractivity contribution in [2.24, 2.45) is 5.73 Å². The van der Waals surface area contributed by atoms with Crippen molar-refractivity contribution in [3.8, 4) is 16.9 Å². The quantitative estimate of drug-likeness (QED) is 0.632. The molecule has 2 amide bonds. The maximum atomic E-state index is 15.1. The van der Waals surface area contributed by atoms with Gasteiger partial charge in [-0.1, -0.05) is 18.2 Å². The van der Waals surface area contributed by atoms with Gasteiger partial charge in [0.15, 0.2) is 0 Å².